The molecule has 1 aliphatic heterocycles. The van der Waals surface area contributed by atoms with Crippen LogP contribution in [0.25, 0.3) is 10.8 Å². The van der Waals surface area contributed by atoms with Gasteiger partial charge in [0.25, 0.3) is 0 Å². The van der Waals surface area contributed by atoms with Gasteiger partial charge in [-0.25, -0.2) is 0 Å². The zero-order valence-corrected chi connectivity index (χ0v) is 19.3. The lowest BCUT2D eigenvalue weighted by molar-refractivity contribution is 0.181. The zero-order valence-electron chi connectivity index (χ0n) is 17.8. The van der Waals surface area contributed by atoms with Gasteiger partial charge in [-0.15, -0.1) is 0 Å². The normalized spacial score (nSPS) is 15.0. The smallest absolute Gasteiger partial charge is 0.340 e. The number of benzene rings is 3. The van der Waals surface area contributed by atoms with Crippen molar-refractivity contribution >= 4 is 38.3 Å². The highest BCUT2D eigenvalue weighted by molar-refractivity contribution is 7.87. The van der Waals surface area contributed by atoms with Crippen LogP contribution in [0.4, 0.5) is 0 Å². The van der Waals surface area contributed by atoms with Gasteiger partial charge in [-0.2, -0.15) is 8.42 Å². The number of hydrogen-bond donors (Lipinski definition) is 1. The summed E-state index contributed by atoms with van der Waals surface area (Å²) in [5.74, 6) is 1.73. The summed E-state index contributed by atoms with van der Waals surface area (Å²) in [6, 6.07) is 17.1. The Kier molecular flexibility index (Phi) is 6.58. The van der Waals surface area contributed by atoms with Crippen molar-refractivity contribution in [3.05, 3.63) is 65.7 Å². The first kappa shape index (κ1) is 22.4. The Bertz CT molecular complexity index is 1240. The molecule has 1 N–H and O–H groups in total. The van der Waals surface area contributed by atoms with Gasteiger partial charge in [0.1, 0.15) is 16.4 Å². The molecule has 0 aromatic heterocycles. The fourth-order valence-electron chi connectivity index (χ4n) is 3.88. The molecule has 1 saturated heterocycles. The molecule has 1 aliphatic rings. The van der Waals surface area contributed by atoms with Crippen molar-refractivity contribution in [2.75, 3.05) is 19.7 Å². The van der Waals surface area contributed by atoms with E-state index in [1.807, 2.05) is 31.2 Å². The first-order chi connectivity index (χ1) is 15.3. The summed E-state index contributed by atoms with van der Waals surface area (Å²) < 4.78 is 37.2. The molecule has 6 nitrogen and oxygen atoms in total. The molecule has 0 unspecified atom stereocenters. The highest BCUT2D eigenvalue weighted by Gasteiger charge is 2.22. The van der Waals surface area contributed by atoms with Gasteiger partial charge in [0.15, 0.2) is 0 Å². The summed E-state index contributed by atoms with van der Waals surface area (Å²) >= 11 is 6.07. The maximum absolute atomic E-state index is 12.8. The van der Waals surface area contributed by atoms with Crippen LogP contribution in [0.15, 0.2) is 65.6 Å². The lowest BCUT2D eigenvalue weighted by Crippen LogP contribution is -2.38. The molecule has 0 amide bonds. The van der Waals surface area contributed by atoms with Crippen molar-refractivity contribution in [3.8, 4) is 11.5 Å². The van der Waals surface area contributed by atoms with Crippen molar-refractivity contribution in [1.82, 2.24) is 4.90 Å². The molecule has 0 bridgehead atoms. The first-order valence-corrected chi connectivity index (χ1v) is 12.3. The molecule has 168 valence electrons. The Balaban J connectivity index is 1.56. The molecule has 4 rings (SSSR count). The van der Waals surface area contributed by atoms with Crippen LogP contribution in [0.1, 0.15) is 19.8 Å². The Morgan fingerprint density at radius 2 is 1.78 bits per heavy atom. The summed E-state index contributed by atoms with van der Waals surface area (Å²) in [6.45, 7) is 4.04. The number of nitrogens with zero attached hydrogens (tertiary/aromatic N) is 1. The third-order valence-corrected chi connectivity index (χ3v) is 7.42. The van der Waals surface area contributed by atoms with Crippen molar-refractivity contribution in [2.24, 2.45) is 5.92 Å². The maximum Gasteiger partial charge on any atom is 0.340 e. The van der Waals surface area contributed by atoms with E-state index < -0.39 is 10.1 Å². The molecule has 0 radical (unpaired) electrons. The van der Waals surface area contributed by atoms with E-state index in [9.17, 15) is 8.42 Å². The van der Waals surface area contributed by atoms with Crippen LogP contribution in [-0.2, 0) is 10.1 Å². The molecular weight excluding hydrogens is 448 g/mol. The second-order valence-corrected chi connectivity index (χ2v) is 9.86. The molecular formula is C24H25ClN2O4S. The van der Waals surface area contributed by atoms with Crippen LogP contribution in [0.5, 0.6) is 11.5 Å². The highest BCUT2D eigenvalue weighted by Crippen LogP contribution is 2.34. The third kappa shape index (κ3) is 5.00. The van der Waals surface area contributed by atoms with Crippen LogP contribution in [0, 0.1) is 11.3 Å². The van der Waals surface area contributed by atoms with Crippen LogP contribution in [-0.4, -0.2) is 38.8 Å². The minimum atomic E-state index is -4.09. The summed E-state index contributed by atoms with van der Waals surface area (Å²) in [5.41, 5.74) is 0. The molecule has 1 fully saturated rings. The Morgan fingerprint density at radius 1 is 1.09 bits per heavy atom. The number of piperidine rings is 1. The largest absolute Gasteiger partial charge is 0.493 e. The summed E-state index contributed by atoms with van der Waals surface area (Å²) in [6.07, 6.45) is 1.90. The predicted octanol–water partition coefficient (Wildman–Crippen LogP) is 5.35. The standard InChI is InChI=1S/C24H25ClN2O4S/c1-17(26)27-12-10-18(11-13-27)16-30-23-15-20(14-19-6-2-3-7-21(19)23)31-32(28,29)24-9-5-4-8-22(24)25/h2-9,14-15,18,26H,10-13,16H2,1H3. The van der Waals surface area contributed by atoms with Crippen molar-refractivity contribution < 1.29 is 17.3 Å². The summed E-state index contributed by atoms with van der Waals surface area (Å²) in [4.78, 5) is 1.99. The second-order valence-electron chi connectivity index (χ2n) is 7.94. The Labute approximate surface area is 193 Å². The van der Waals surface area contributed by atoms with E-state index in [0.29, 0.717) is 24.1 Å². The lowest BCUT2D eigenvalue weighted by atomic mass is 9.97. The number of halogens is 1. The lowest BCUT2D eigenvalue weighted by Gasteiger charge is -2.32. The van der Waals surface area contributed by atoms with E-state index in [4.69, 9.17) is 25.9 Å². The molecule has 1 heterocycles. The van der Waals surface area contributed by atoms with Gasteiger partial charge in [0.2, 0.25) is 0 Å². The van der Waals surface area contributed by atoms with Gasteiger partial charge in [-0.1, -0.05) is 48.0 Å². The average Bonchev–Trinajstić information content (AvgIpc) is 2.77. The van der Waals surface area contributed by atoms with Gasteiger partial charge >= 0.3 is 10.1 Å². The summed E-state index contributed by atoms with van der Waals surface area (Å²) in [7, 11) is -4.09. The number of amidine groups is 1. The molecule has 32 heavy (non-hydrogen) atoms. The zero-order chi connectivity index (χ0) is 22.7. The van der Waals surface area contributed by atoms with Gasteiger partial charge in [0.05, 0.1) is 17.5 Å². The van der Waals surface area contributed by atoms with Crippen LogP contribution >= 0.6 is 11.6 Å². The van der Waals surface area contributed by atoms with E-state index in [0.717, 1.165) is 36.7 Å². The van der Waals surface area contributed by atoms with Gasteiger partial charge in [-0.3, -0.25) is 5.41 Å². The summed E-state index contributed by atoms with van der Waals surface area (Å²) in [5, 5.41) is 9.60. The Hall–Kier alpha value is -2.77. The molecule has 3 aromatic carbocycles. The number of fused-ring (bicyclic) bond motifs is 1. The number of hydrogen-bond acceptors (Lipinski definition) is 5. The maximum atomic E-state index is 12.8. The van der Waals surface area contributed by atoms with Crippen molar-refractivity contribution in [1.29, 1.82) is 5.41 Å². The number of rotatable bonds is 6. The predicted molar refractivity (Wildman–Crippen MR) is 126 cm³/mol. The molecule has 0 aliphatic carbocycles. The van der Waals surface area contributed by atoms with Crippen LogP contribution in [0.2, 0.25) is 5.02 Å². The van der Waals surface area contributed by atoms with E-state index in [-0.39, 0.29) is 15.7 Å². The number of likely N-dealkylation sites (tertiary alicyclic amines) is 1. The number of ether oxygens (including phenoxy) is 1. The monoisotopic (exact) mass is 472 g/mol. The van der Waals surface area contributed by atoms with Gasteiger partial charge < -0.3 is 13.8 Å². The third-order valence-electron chi connectivity index (χ3n) is 5.67. The second kappa shape index (κ2) is 9.38. The van der Waals surface area contributed by atoms with E-state index in [2.05, 4.69) is 4.90 Å². The van der Waals surface area contributed by atoms with Crippen molar-refractivity contribution in [3.63, 3.8) is 0 Å². The Morgan fingerprint density at radius 3 is 2.50 bits per heavy atom. The molecule has 0 saturated carbocycles. The number of nitrogens with one attached hydrogen (secondary N) is 1. The quantitative estimate of drug-likeness (QED) is 0.297. The van der Waals surface area contributed by atoms with Crippen LogP contribution in [0.3, 0.4) is 0 Å². The van der Waals surface area contributed by atoms with E-state index in [1.165, 1.54) is 12.1 Å². The SMILES string of the molecule is CC(=N)N1CCC(COc2cc(OS(=O)(=O)c3ccccc3Cl)cc3ccccc23)CC1. The fraction of sp³-hybridized carbons (Fsp3) is 0.292. The van der Waals surface area contributed by atoms with Gasteiger partial charge in [0, 0.05) is 24.5 Å². The molecule has 8 heteroatoms. The highest BCUT2D eigenvalue weighted by atomic mass is 35.5. The van der Waals surface area contributed by atoms with Gasteiger partial charge in [-0.05, 0) is 49.3 Å². The van der Waals surface area contributed by atoms with E-state index in [1.54, 1.807) is 24.3 Å². The fourth-order valence-corrected chi connectivity index (χ4v) is 5.29. The van der Waals surface area contributed by atoms with E-state index >= 15 is 0 Å². The minimum Gasteiger partial charge on any atom is -0.493 e. The first-order valence-electron chi connectivity index (χ1n) is 10.5. The molecule has 0 spiro atoms. The molecule has 0 atom stereocenters. The van der Waals surface area contributed by atoms with Crippen molar-refractivity contribution in [2.45, 2.75) is 24.7 Å². The topological polar surface area (TPSA) is 79.7 Å². The van der Waals surface area contributed by atoms with Crippen LogP contribution < -0.4 is 8.92 Å². The molecule has 3 aromatic rings. The average molecular weight is 473 g/mol. The minimum absolute atomic E-state index is 0.0782.